The van der Waals surface area contributed by atoms with Gasteiger partial charge in [0.15, 0.2) is 0 Å². The number of hydrogen-bond donors (Lipinski definition) is 0. The minimum absolute atomic E-state index is 0.0810. The molecule has 0 rings (SSSR count). The van der Waals surface area contributed by atoms with E-state index in [1.807, 2.05) is 0 Å². The van der Waals surface area contributed by atoms with Gasteiger partial charge in [-0.25, -0.2) is 0 Å². The third-order valence-corrected chi connectivity index (χ3v) is 2.60. The molecule has 0 aromatic heterocycles. The number of esters is 1. The van der Waals surface area contributed by atoms with Crippen LogP contribution in [0.2, 0.25) is 0 Å². The van der Waals surface area contributed by atoms with Crippen molar-refractivity contribution in [3.05, 3.63) is 12.2 Å². The van der Waals surface area contributed by atoms with Crippen molar-refractivity contribution >= 4 is 5.97 Å². The fraction of sp³-hybridized carbons (Fsp3) is 0.786. The molecule has 0 fully saturated rings. The number of carbonyl (C=O) groups excluding carboxylic acids is 1. The van der Waals surface area contributed by atoms with Gasteiger partial charge in [0, 0.05) is 6.42 Å². The molecule has 0 aliphatic heterocycles. The van der Waals surface area contributed by atoms with Crippen LogP contribution in [-0.4, -0.2) is 13.1 Å². The highest BCUT2D eigenvalue weighted by Gasteiger charge is 1.98. The van der Waals surface area contributed by atoms with Gasteiger partial charge in [0.2, 0.25) is 0 Å². The first kappa shape index (κ1) is 15.2. The van der Waals surface area contributed by atoms with Crippen LogP contribution in [0.5, 0.6) is 0 Å². The van der Waals surface area contributed by atoms with E-state index in [1.54, 1.807) is 0 Å². The number of ether oxygens (including phenoxy) is 1. The average molecular weight is 226 g/mol. The fourth-order valence-electron chi connectivity index (χ4n) is 1.57. The Morgan fingerprint density at radius 2 is 1.62 bits per heavy atom. The van der Waals surface area contributed by atoms with E-state index < -0.39 is 0 Å². The van der Waals surface area contributed by atoms with Gasteiger partial charge in [-0.05, 0) is 25.7 Å². The van der Waals surface area contributed by atoms with E-state index in [4.69, 9.17) is 0 Å². The van der Waals surface area contributed by atoms with E-state index in [-0.39, 0.29) is 5.97 Å². The van der Waals surface area contributed by atoms with Crippen LogP contribution in [0.4, 0.5) is 0 Å². The van der Waals surface area contributed by atoms with Gasteiger partial charge in [0.1, 0.15) is 0 Å². The summed E-state index contributed by atoms with van der Waals surface area (Å²) in [5, 5.41) is 0. The van der Waals surface area contributed by atoms with Gasteiger partial charge < -0.3 is 4.74 Å². The first-order chi connectivity index (χ1) is 7.81. The summed E-state index contributed by atoms with van der Waals surface area (Å²) in [6, 6.07) is 0. The molecule has 0 spiro atoms. The second-order valence-electron chi connectivity index (χ2n) is 4.14. The molecule has 0 unspecified atom stereocenters. The average Bonchev–Trinajstić information content (AvgIpc) is 2.31. The molecule has 94 valence electrons. The van der Waals surface area contributed by atoms with Crippen LogP contribution in [0.25, 0.3) is 0 Å². The van der Waals surface area contributed by atoms with Gasteiger partial charge in [-0.15, -0.1) is 0 Å². The Morgan fingerprint density at radius 1 is 1.00 bits per heavy atom. The molecule has 0 heterocycles. The van der Waals surface area contributed by atoms with E-state index in [9.17, 15) is 4.79 Å². The van der Waals surface area contributed by atoms with Crippen molar-refractivity contribution in [3.8, 4) is 0 Å². The normalized spacial score (nSPS) is 10.9. The Bertz CT molecular complexity index is 185. The van der Waals surface area contributed by atoms with Crippen LogP contribution in [-0.2, 0) is 9.53 Å². The standard InChI is InChI=1S/C14H26O2/c1-3-4-5-6-7-8-9-10-11-12-13-14(15)16-2/h5-6H,3-4,7-13H2,1-2H3/b6-5-. The maximum absolute atomic E-state index is 10.8. The Labute approximate surface area is 100 Å². The number of unbranched alkanes of at least 4 members (excludes halogenated alkanes) is 6. The number of rotatable bonds is 10. The highest BCUT2D eigenvalue weighted by molar-refractivity contribution is 5.68. The third-order valence-electron chi connectivity index (χ3n) is 2.60. The molecule has 0 amide bonds. The number of allylic oxidation sites excluding steroid dienone is 2. The molecule has 0 bridgehead atoms. The summed E-state index contributed by atoms with van der Waals surface area (Å²) in [5.41, 5.74) is 0. The highest BCUT2D eigenvalue weighted by atomic mass is 16.5. The van der Waals surface area contributed by atoms with Crippen LogP contribution in [0, 0.1) is 0 Å². The molecule has 0 aromatic rings. The molecule has 2 nitrogen and oxygen atoms in total. The summed E-state index contributed by atoms with van der Waals surface area (Å²) in [6.45, 7) is 2.20. The van der Waals surface area contributed by atoms with Crippen molar-refractivity contribution in [1.29, 1.82) is 0 Å². The zero-order chi connectivity index (χ0) is 12.1. The molecule has 0 N–H and O–H groups in total. The molecule has 0 aromatic carbocycles. The topological polar surface area (TPSA) is 26.3 Å². The molecule has 16 heavy (non-hydrogen) atoms. The Hall–Kier alpha value is -0.790. The van der Waals surface area contributed by atoms with Crippen molar-refractivity contribution in [2.24, 2.45) is 0 Å². The molecular formula is C14H26O2. The van der Waals surface area contributed by atoms with Crippen LogP contribution in [0.15, 0.2) is 12.2 Å². The lowest BCUT2D eigenvalue weighted by Crippen LogP contribution is -1.98. The zero-order valence-corrected chi connectivity index (χ0v) is 10.8. The van der Waals surface area contributed by atoms with Gasteiger partial charge in [0.05, 0.1) is 7.11 Å². The van der Waals surface area contributed by atoms with E-state index in [2.05, 4.69) is 23.8 Å². The fourth-order valence-corrected chi connectivity index (χ4v) is 1.57. The smallest absolute Gasteiger partial charge is 0.305 e. The third kappa shape index (κ3) is 11.3. The zero-order valence-electron chi connectivity index (χ0n) is 10.8. The second kappa shape index (κ2) is 12.3. The summed E-state index contributed by atoms with van der Waals surface area (Å²) in [7, 11) is 1.45. The van der Waals surface area contributed by atoms with Gasteiger partial charge in [-0.3, -0.25) is 4.79 Å². The summed E-state index contributed by atoms with van der Waals surface area (Å²) in [5.74, 6) is -0.0810. The lowest BCUT2D eigenvalue weighted by atomic mass is 10.1. The monoisotopic (exact) mass is 226 g/mol. The summed E-state index contributed by atoms with van der Waals surface area (Å²) < 4.78 is 4.58. The van der Waals surface area contributed by atoms with Gasteiger partial charge in [-0.1, -0.05) is 44.8 Å². The predicted octanol–water partition coefficient (Wildman–Crippen LogP) is 4.25. The molecule has 0 saturated carbocycles. The largest absolute Gasteiger partial charge is 0.469 e. The number of hydrogen-bond acceptors (Lipinski definition) is 2. The minimum Gasteiger partial charge on any atom is -0.469 e. The first-order valence-electron chi connectivity index (χ1n) is 6.53. The SMILES string of the molecule is CCC/C=C\CCCCCCCC(=O)OC. The Balaban J connectivity index is 3.07. The maximum atomic E-state index is 10.8. The van der Waals surface area contributed by atoms with Gasteiger partial charge in [0.25, 0.3) is 0 Å². The quantitative estimate of drug-likeness (QED) is 0.316. The van der Waals surface area contributed by atoms with Crippen LogP contribution >= 0.6 is 0 Å². The van der Waals surface area contributed by atoms with E-state index >= 15 is 0 Å². The first-order valence-corrected chi connectivity index (χ1v) is 6.53. The van der Waals surface area contributed by atoms with Crippen molar-refractivity contribution in [1.82, 2.24) is 0 Å². The second-order valence-corrected chi connectivity index (χ2v) is 4.14. The van der Waals surface area contributed by atoms with Crippen LogP contribution in [0.1, 0.15) is 64.7 Å². The molecule has 0 aliphatic rings. The molecule has 2 heteroatoms. The number of carbonyl (C=O) groups is 1. The Kier molecular flexibility index (Phi) is 11.7. The van der Waals surface area contributed by atoms with E-state index in [0.29, 0.717) is 6.42 Å². The molecular weight excluding hydrogens is 200 g/mol. The van der Waals surface area contributed by atoms with E-state index in [0.717, 1.165) is 12.8 Å². The Morgan fingerprint density at radius 3 is 2.31 bits per heavy atom. The minimum atomic E-state index is -0.0810. The van der Waals surface area contributed by atoms with Crippen LogP contribution < -0.4 is 0 Å². The lowest BCUT2D eigenvalue weighted by Gasteiger charge is -1.99. The highest BCUT2D eigenvalue weighted by Crippen LogP contribution is 2.08. The number of methoxy groups -OCH3 is 1. The molecule has 0 atom stereocenters. The summed E-state index contributed by atoms with van der Waals surface area (Å²) in [6.07, 6.45) is 14.7. The molecule has 0 saturated heterocycles. The maximum Gasteiger partial charge on any atom is 0.305 e. The molecule has 0 radical (unpaired) electrons. The van der Waals surface area contributed by atoms with Crippen molar-refractivity contribution in [2.45, 2.75) is 64.7 Å². The van der Waals surface area contributed by atoms with Crippen molar-refractivity contribution < 1.29 is 9.53 Å². The molecule has 0 aliphatic carbocycles. The summed E-state index contributed by atoms with van der Waals surface area (Å²) >= 11 is 0. The summed E-state index contributed by atoms with van der Waals surface area (Å²) in [4.78, 5) is 10.8. The van der Waals surface area contributed by atoms with Crippen molar-refractivity contribution in [2.75, 3.05) is 7.11 Å². The predicted molar refractivity (Wildman–Crippen MR) is 68.4 cm³/mol. The van der Waals surface area contributed by atoms with Gasteiger partial charge >= 0.3 is 5.97 Å². The lowest BCUT2D eigenvalue weighted by molar-refractivity contribution is -0.140. The van der Waals surface area contributed by atoms with Crippen molar-refractivity contribution in [3.63, 3.8) is 0 Å². The van der Waals surface area contributed by atoms with E-state index in [1.165, 1.54) is 45.6 Å². The van der Waals surface area contributed by atoms with Gasteiger partial charge in [-0.2, -0.15) is 0 Å². The van der Waals surface area contributed by atoms with Crippen LogP contribution in [0.3, 0.4) is 0 Å².